The number of aromatic amines is 1. The topological polar surface area (TPSA) is 85.2 Å². The molecule has 130 valence electrons. The molecular formula is C18H14ClN5O2. The number of fused-ring (bicyclic) bond motifs is 1. The molecule has 3 heterocycles. The van der Waals surface area contributed by atoms with Crippen LogP contribution in [0.25, 0.3) is 17.3 Å². The van der Waals surface area contributed by atoms with Crippen molar-refractivity contribution in [1.29, 1.82) is 0 Å². The molecule has 0 atom stereocenters. The van der Waals surface area contributed by atoms with E-state index in [1.54, 1.807) is 24.4 Å². The van der Waals surface area contributed by atoms with Gasteiger partial charge < -0.3 is 9.72 Å². The fourth-order valence-corrected chi connectivity index (χ4v) is 2.68. The highest BCUT2D eigenvalue weighted by molar-refractivity contribution is 6.31. The summed E-state index contributed by atoms with van der Waals surface area (Å²) in [6.45, 7) is 2.06. The number of benzene rings is 1. The molecule has 4 rings (SSSR count). The third-order valence-electron chi connectivity index (χ3n) is 3.88. The van der Waals surface area contributed by atoms with Crippen LogP contribution in [-0.2, 0) is 6.61 Å². The summed E-state index contributed by atoms with van der Waals surface area (Å²) >= 11 is 6.09. The van der Waals surface area contributed by atoms with Gasteiger partial charge in [-0.3, -0.25) is 9.78 Å². The normalized spacial score (nSPS) is 11.0. The number of nitrogens with one attached hydrogen (secondary N) is 1. The van der Waals surface area contributed by atoms with E-state index in [1.165, 1.54) is 10.6 Å². The van der Waals surface area contributed by atoms with Crippen LogP contribution in [-0.4, -0.2) is 24.6 Å². The van der Waals surface area contributed by atoms with Crippen LogP contribution >= 0.6 is 11.6 Å². The van der Waals surface area contributed by atoms with Crippen LogP contribution in [0.2, 0.25) is 5.02 Å². The maximum Gasteiger partial charge on any atom is 0.276 e. The van der Waals surface area contributed by atoms with Gasteiger partial charge in [-0.1, -0.05) is 23.7 Å². The average Bonchev–Trinajstić information content (AvgIpc) is 3.08. The number of pyridine rings is 1. The summed E-state index contributed by atoms with van der Waals surface area (Å²) in [6, 6.07) is 12.3. The monoisotopic (exact) mass is 367 g/mol. The Morgan fingerprint density at radius 3 is 2.92 bits per heavy atom. The Hall–Kier alpha value is -3.19. The second-order valence-electron chi connectivity index (χ2n) is 5.67. The highest BCUT2D eigenvalue weighted by atomic mass is 35.5. The van der Waals surface area contributed by atoms with Crippen LogP contribution < -0.4 is 10.3 Å². The van der Waals surface area contributed by atoms with Crippen molar-refractivity contribution in [2.75, 3.05) is 0 Å². The molecule has 0 bridgehead atoms. The number of aromatic nitrogens is 5. The Morgan fingerprint density at radius 2 is 2.12 bits per heavy atom. The van der Waals surface area contributed by atoms with Crippen LogP contribution in [0.5, 0.6) is 5.75 Å². The van der Waals surface area contributed by atoms with Crippen LogP contribution in [0.3, 0.4) is 0 Å². The van der Waals surface area contributed by atoms with Gasteiger partial charge in [0, 0.05) is 22.8 Å². The fraction of sp³-hybridized carbons (Fsp3) is 0.111. The summed E-state index contributed by atoms with van der Waals surface area (Å²) in [4.78, 5) is 23.9. The Balaban J connectivity index is 1.65. The highest BCUT2D eigenvalue weighted by Gasteiger charge is 2.11. The van der Waals surface area contributed by atoms with Crippen molar-refractivity contribution >= 4 is 17.4 Å². The van der Waals surface area contributed by atoms with E-state index in [-0.39, 0.29) is 12.2 Å². The minimum atomic E-state index is -0.296. The van der Waals surface area contributed by atoms with Gasteiger partial charge in [0.2, 0.25) is 11.6 Å². The van der Waals surface area contributed by atoms with Crippen molar-refractivity contribution < 1.29 is 4.74 Å². The van der Waals surface area contributed by atoms with E-state index in [1.807, 2.05) is 25.1 Å². The predicted molar refractivity (Wildman–Crippen MR) is 97.4 cm³/mol. The fourth-order valence-electron chi connectivity index (χ4n) is 2.52. The summed E-state index contributed by atoms with van der Waals surface area (Å²) in [5.41, 5.74) is 1.73. The van der Waals surface area contributed by atoms with Crippen LogP contribution in [0.1, 0.15) is 11.3 Å². The van der Waals surface area contributed by atoms with E-state index in [9.17, 15) is 4.79 Å². The van der Waals surface area contributed by atoms with E-state index in [2.05, 4.69) is 20.1 Å². The molecule has 0 amide bonds. The molecule has 0 aliphatic heterocycles. The molecule has 26 heavy (non-hydrogen) atoms. The highest BCUT2D eigenvalue weighted by Crippen LogP contribution is 2.25. The Kier molecular flexibility index (Phi) is 4.14. The first-order valence-electron chi connectivity index (χ1n) is 7.90. The van der Waals surface area contributed by atoms with Gasteiger partial charge in [-0.2, -0.15) is 9.50 Å². The summed E-state index contributed by atoms with van der Waals surface area (Å²) in [6.07, 6.45) is 1.65. The van der Waals surface area contributed by atoms with E-state index >= 15 is 0 Å². The van der Waals surface area contributed by atoms with Crippen LogP contribution in [0.4, 0.5) is 0 Å². The standard InChI is InChI=1S/C18H14ClN5O2/c1-11-13(19)5-4-7-15(11)26-10-12-9-16(25)24-18(21-12)22-17(23-24)14-6-2-3-8-20-14/h2-9H,10H2,1H3,(H,21,22,23). The van der Waals surface area contributed by atoms with Gasteiger partial charge in [0.25, 0.3) is 5.56 Å². The van der Waals surface area contributed by atoms with E-state index in [0.29, 0.717) is 33.8 Å². The molecule has 0 spiro atoms. The van der Waals surface area contributed by atoms with Gasteiger partial charge in [0.05, 0.1) is 5.69 Å². The number of nitrogens with zero attached hydrogens (tertiary/aromatic N) is 4. The summed E-state index contributed by atoms with van der Waals surface area (Å²) in [7, 11) is 0. The molecule has 7 nitrogen and oxygen atoms in total. The molecule has 8 heteroatoms. The predicted octanol–water partition coefficient (Wildman–Crippen LogP) is 3.02. The Morgan fingerprint density at radius 1 is 1.23 bits per heavy atom. The molecule has 0 saturated carbocycles. The van der Waals surface area contributed by atoms with Crippen molar-refractivity contribution in [3.63, 3.8) is 0 Å². The third-order valence-corrected chi connectivity index (χ3v) is 4.29. The zero-order valence-electron chi connectivity index (χ0n) is 13.8. The number of hydrogen-bond donors (Lipinski definition) is 1. The van der Waals surface area contributed by atoms with Gasteiger partial charge in [-0.15, -0.1) is 5.10 Å². The lowest BCUT2D eigenvalue weighted by molar-refractivity contribution is 0.299. The maximum absolute atomic E-state index is 12.3. The van der Waals surface area contributed by atoms with E-state index < -0.39 is 0 Å². The second-order valence-corrected chi connectivity index (χ2v) is 6.08. The minimum absolute atomic E-state index is 0.179. The quantitative estimate of drug-likeness (QED) is 0.599. The number of halogens is 1. The summed E-state index contributed by atoms with van der Waals surface area (Å²) in [5.74, 6) is 1.37. The smallest absolute Gasteiger partial charge is 0.276 e. The van der Waals surface area contributed by atoms with Crippen molar-refractivity contribution in [3.05, 3.63) is 75.3 Å². The van der Waals surface area contributed by atoms with Crippen molar-refractivity contribution in [2.24, 2.45) is 0 Å². The largest absolute Gasteiger partial charge is 0.487 e. The number of H-pyrrole nitrogens is 1. The number of rotatable bonds is 4. The molecule has 0 aliphatic rings. The zero-order chi connectivity index (χ0) is 18.1. The third kappa shape index (κ3) is 3.04. The van der Waals surface area contributed by atoms with Gasteiger partial charge in [0.1, 0.15) is 18.1 Å². The van der Waals surface area contributed by atoms with Crippen molar-refractivity contribution in [1.82, 2.24) is 24.6 Å². The van der Waals surface area contributed by atoms with Crippen molar-refractivity contribution in [3.8, 4) is 17.3 Å². The second kappa shape index (κ2) is 6.61. The van der Waals surface area contributed by atoms with Crippen molar-refractivity contribution in [2.45, 2.75) is 13.5 Å². The summed E-state index contributed by atoms with van der Waals surface area (Å²) in [5, 5.41) is 4.84. The molecule has 0 saturated heterocycles. The first-order chi connectivity index (χ1) is 12.6. The molecule has 4 aromatic rings. The molecule has 0 radical (unpaired) electrons. The average molecular weight is 368 g/mol. The number of hydrogen-bond acceptors (Lipinski definition) is 5. The van der Waals surface area contributed by atoms with Crippen LogP contribution in [0.15, 0.2) is 53.5 Å². The van der Waals surface area contributed by atoms with Gasteiger partial charge >= 0.3 is 0 Å². The lowest BCUT2D eigenvalue weighted by atomic mass is 10.2. The molecule has 0 unspecified atom stereocenters. The maximum atomic E-state index is 12.3. The molecular weight excluding hydrogens is 354 g/mol. The molecule has 0 fully saturated rings. The lowest BCUT2D eigenvalue weighted by Gasteiger charge is -2.09. The lowest BCUT2D eigenvalue weighted by Crippen LogP contribution is -2.16. The SMILES string of the molecule is Cc1c(Cl)cccc1OCc1cc(=O)n2nc(-c3ccccn3)nc2[nH]1. The number of ether oxygens (including phenoxy) is 1. The molecule has 3 aromatic heterocycles. The van der Waals surface area contributed by atoms with Gasteiger partial charge in [0.15, 0.2) is 0 Å². The zero-order valence-corrected chi connectivity index (χ0v) is 14.6. The minimum Gasteiger partial charge on any atom is -0.487 e. The van der Waals surface area contributed by atoms with E-state index in [4.69, 9.17) is 16.3 Å². The van der Waals surface area contributed by atoms with Crippen LogP contribution in [0, 0.1) is 6.92 Å². The summed E-state index contributed by atoms with van der Waals surface area (Å²) < 4.78 is 6.98. The molecule has 0 aliphatic carbocycles. The molecule has 1 aromatic carbocycles. The Labute approximate surface area is 153 Å². The molecule has 1 N–H and O–H groups in total. The first-order valence-corrected chi connectivity index (χ1v) is 8.28. The first kappa shape index (κ1) is 16.3. The Bertz CT molecular complexity index is 1140. The van der Waals surface area contributed by atoms with Gasteiger partial charge in [-0.05, 0) is 31.2 Å². The van der Waals surface area contributed by atoms with E-state index in [0.717, 1.165) is 5.56 Å². The van der Waals surface area contributed by atoms with Gasteiger partial charge in [-0.25, -0.2) is 0 Å².